The van der Waals surface area contributed by atoms with Crippen molar-refractivity contribution in [2.24, 2.45) is 0 Å². The number of hydrogen-bond donors (Lipinski definition) is 1. The normalized spacial score (nSPS) is 10.3. The predicted molar refractivity (Wildman–Crippen MR) is 103 cm³/mol. The molecule has 3 aromatic rings. The van der Waals surface area contributed by atoms with Crippen LogP contribution in [0, 0.1) is 0 Å². The Morgan fingerprint density at radius 3 is 2.28 bits per heavy atom. The summed E-state index contributed by atoms with van der Waals surface area (Å²) in [5.41, 5.74) is 3.08. The minimum atomic E-state index is 0.469. The fraction of sp³-hybridized carbons (Fsp3) is 0.143. The summed E-state index contributed by atoms with van der Waals surface area (Å²) in [5.74, 6) is 1.34. The molecular formula is C21H20ClNO2. The Balaban J connectivity index is 1.81. The van der Waals surface area contributed by atoms with Crippen LogP contribution < -0.4 is 14.8 Å². The Labute approximate surface area is 153 Å². The number of para-hydroxylation sites is 1. The van der Waals surface area contributed by atoms with Crippen LogP contribution in [-0.2, 0) is 13.2 Å². The van der Waals surface area contributed by atoms with E-state index in [4.69, 9.17) is 21.1 Å². The molecule has 0 atom stereocenters. The Hall–Kier alpha value is -2.65. The Morgan fingerprint density at radius 1 is 0.920 bits per heavy atom. The van der Waals surface area contributed by atoms with Gasteiger partial charge in [0.25, 0.3) is 0 Å². The van der Waals surface area contributed by atoms with E-state index in [-0.39, 0.29) is 0 Å². The minimum Gasteiger partial charge on any atom is -0.493 e. The van der Waals surface area contributed by atoms with Gasteiger partial charge in [0.15, 0.2) is 11.5 Å². The van der Waals surface area contributed by atoms with E-state index in [0.717, 1.165) is 16.8 Å². The molecule has 0 aliphatic carbocycles. The molecule has 1 N–H and O–H groups in total. The van der Waals surface area contributed by atoms with E-state index in [9.17, 15) is 0 Å². The third-order valence-electron chi connectivity index (χ3n) is 3.80. The first-order valence-electron chi connectivity index (χ1n) is 8.08. The number of rotatable bonds is 7. The van der Waals surface area contributed by atoms with Crippen molar-refractivity contribution in [2.75, 3.05) is 12.4 Å². The molecule has 3 nitrogen and oxygen atoms in total. The van der Waals surface area contributed by atoms with Crippen LogP contribution in [0.5, 0.6) is 11.5 Å². The van der Waals surface area contributed by atoms with Gasteiger partial charge < -0.3 is 14.8 Å². The molecule has 0 fully saturated rings. The third kappa shape index (κ3) is 4.68. The maximum atomic E-state index is 6.24. The Morgan fingerprint density at radius 2 is 1.60 bits per heavy atom. The molecular weight excluding hydrogens is 334 g/mol. The summed E-state index contributed by atoms with van der Waals surface area (Å²) in [4.78, 5) is 0. The molecule has 0 saturated heterocycles. The SMILES string of the molecule is COc1cc(Cl)cc(CNc2ccccc2)c1OCc1ccccc1. The van der Waals surface area contributed by atoms with E-state index in [0.29, 0.717) is 29.7 Å². The van der Waals surface area contributed by atoms with Gasteiger partial charge in [0.1, 0.15) is 6.61 Å². The van der Waals surface area contributed by atoms with Crippen molar-refractivity contribution < 1.29 is 9.47 Å². The zero-order valence-corrected chi connectivity index (χ0v) is 14.8. The third-order valence-corrected chi connectivity index (χ3v) is 4.02. The van der Waals surface area contributed by atoms with Crippen LogP contribution >= 0.6 is 11.6 Å². The van der Waals surface area contributed by atoms with Crippen molar-refractivity contribution in [3.63, 3.8) is 0 Å². The van der Waals surface area contributed by atoms with Crippen LogP contribution in [0.1, 0.15) is 11.1 Å². The zero-order valence-electron chi connectivity index (χ0n) is 14.0. The van der Waals surface area contributed by atoms with Gasteiger partial charge in [-0.05, 0) is 23.8 Å². The van der Waals surface area contributed by atoms with E-state index in [2.05, 4.69) is 5.32 Å². The van der Waals surface area contributed by atoms with Gasteiger partial charge in [0, 0.05) is 28.9 Å². The Kier molecular flexibility index (Phi) is 5.81. The van der Waals surface area contributed by atoms with Crippen LogP contribution in [-0.4, -0.2) is 7.11 Å². The molecule has 0 unspecified atom stereocenters. The van der Waals surface area contributed by atoms with Gasteiger partial charge in [-0.1, -0.05) is 60.1 Å². The van der Waals surface area contributed by atoms with Crippen LogP contribution in [0.3, 0.4) is 0 Å². The molecule has 3 aromatic carbocycles. The first-order valence-corrected chi connectivity index (χ1v) is 8.46. The van der Waals surface area contributed by atoms with Crippen molar-refractivity contribution in [1.82, 2.24) is 0 Å². The van der Waals surface area contributed by atoms with Gasteiger partial charge in [-0.3, -0.25) is 0 Å². The highest BCUT2D eigenvalue weighted by molar-refractivity contribution is 6.30. The fourth-order valence-corrected chi connectivity index (χ4v) is 2.78. The lowest BCUT2D eigenvalue weighted by Crippen LogP contribution is -2.05. The first kappa shape index (κ1) is 17.2. The lowest BCUT2D eigenvalue weighted by Gasteiger charge is -2.17. The van der Waals surface area contributed by atoms with Crippen molar-refractivity contribution in [3.8, 4) is 11.5 Å². The van der Waals surface area contributed by atoms with Crippen LogP contribution in [0.2, 0.25) is 5.02 Å². The molecule has 0 heterocycles. The smallest absolute Gasteiger partial charge is 0.166 e. The molecule has 0 aliphatic rings. The highest BCUT2D eigenvalue weighted by atomic mass is 35.5. The van der Waals surface area contributed by atoms with Crippen LogP contribution in [0.4, 0.5) is 5.69 Å². The number of hydrogen-bond acceptors (Lipinski definition) is 3. The molecule has 25 heavy (non-hydrogen) atoms. The standard InChI is InChI=1S/C21H20ClNO2/c1-24-20-13-18(22)12-17(14-23-19-10-6-3-7-11-19)21(20)25-15-16-8-4-2-5-9-16/h2-13,23H,14-15H2,1H3. The Bertz CT molecular complexity index is 807. The molecule has 0 aliphatic heterocycles. The van der Waals surface area contributed by atoms with Crippen LogP contribution in [0.15, 0.2) is 72.8 Å². The second-order valence-corrected chi connectivity index (χ2v) is 6.03. The molecule has 3 rings (SSSR count). The average molecular weight is 354 g/mol. The fourth-order valence-electron chi connectivity index (χ4n) is 2.55. The minimum absolute atomic E-state index is 0.469. The highest BCUT2D eigenvalue weighted by Crippen LogP contribution is 2.35. The lowest BCUT2D eigenvalue weighted by molar-refractivity contribution is 0.281. The molecule has 0 aromatic heterocycles. The van der Waals surface area contributed by atoms with Gasteiger partial charge in [0.2, 0.25) is 0 Å². The monoisotopic (exact) mass is 353 g/mol. The number of nitrogens with one attached hydrogen (secondary N) is 1. The van der Waals surface area contributed by atoms with E-state index >= 15 is 0 Å². The van der Waals surface area contributed by atoms with Gasteiger partial charge in [-0.2, -0.15) is 0 Å². The lowest BCUT2D eigenvalue weighted by atomic mass is 10.1. The second-order valence-electron chi connectivity index (χ2n) is 5.59. The molecule has 0 spiro atoms. The number of ether oxygens (including phenoxy) is 2. The quantitative estimate of drug-likeness (QED) is 0.605. The van der Waals surface area contributed by atoms with Gasteiger partial charge in [-0.25, -0.2) is 0 Å². The number of halogens is 1. The topological polar surface area (TPSA) is 30.5 Å². The zero-order chi connectivity index (χ0) is 17.5. The summed E-state index contributed by atoms with van der Waals surface area (Å²) < 4.78 is 11.5. The molecule has 128 valence electrons. The van der Waals surface area contributed by atoms with Gasteiger partial charge >= 0.3 is 0 Å². The molecule has 0 bridgehead atoms. The highest BCUT2D eigenvalue weighted by Gasteiger charge is 2.13. The molecule has 0 radical (unpaired) electrons. The van der Waals surface area contributed by atoms with Crippen molar-refractivity contribution >= 4 is 17.3 Å². The predicted octanol–water partition coefficient (Wildman–Crippen LogP) is 5.54. The first-order chi connectivity index (χ1) is 12.3. The van der Waals surface area contributed by atoms with Gasteiger partial charge in [-0.15, -0.1) is 0 Å². The summed E-state index contributed by atoms with van der Waals surface area (Å²) in [6, 6.07) is 23.7. The maximum absolute atomic E-state index is 6.24. The summed E-state index contributed by atoms with van der Waals surface area (Å²) in [5, 5.41) is 4.00. The maximum Gasteiger partial charge on any atom is 0.166 e. The van der Waals surface area contributed by atoms with Crippen molar-refractivity contribution in [1.29, 1.82) is 0 Å². The van der Waals surface area contributed by atoms with E-state index < -0.39 is 0 Å². The second kappa shape index (κ2) is 8.45. The van der Waals surface area contributed by atoms with E-state index in [1.54, 1.807) is 13.2 Å². The summed E-state index contributed by atoms with van der Waals surface area (Å²) in [7, 11) is 1.62. The number of methoxy groups -OCH3 is 1. The average Bonchev–Trinajstić information content (AvgIpc) is 2.66. The molecule has 0 amide bonds. The number of benzene rings is 3. The summed E-state index contributed by atoms with van der Waals surface area (Å²) in [6.07, 6.45) is 0. The molecule has 4 heteroatoms. The van der Waals surface area contributed by atoms with Crippen molar-refractivity contribution in [3.05, 3.63) is 88.9 Å². The van der Waals surface area contributed by atoms with E-state index in [1.807, 2.05) is 66.7 Å². The summed E-state index contributed by atoms with van der Waals surface area (Å²) >= 11 is 6.24. The van der Waals surface area contributed by atoms with Crippen molar-refractivity contribution in [2.45, 2.75) is 13.2 Å². The van der Waals surface area contributed by atoms with Gasteiger partial charge in [0.05, 0.1) is 7.11 Å². The van der Waals surface area contributed by atoms with Crippen LogP contribution in [0.25, 0.3) is 0 Å². The summed E-state index contributed by atoms with van der Waals surface area (Å²) in [6.45, 7) is 1.06. The molecule has 0 saturated carbocycles. The largest absolute Gasteiger partial charge is 0.493 e. The number of anilines is 1. The van der Waals surface area contributed by atoms with E-state index in [1.165, 1.54) is 0 Å².